The predicted molar refractivity (Wildman–Crippen MR) is 113 cm³/mol. The lowest BCUT2D eigenvalue weighted by Gasteiger charge is -2.29. The van der Waals surface area contributed by atoms with Crippen LogP contribution in [0.15, 0.2) is 30.5 Å². The van der Waals surface area contributed by atoms with Crippen LogP contribution in [-0.2, 0) is 4.79 Å². The Balaban J connectivity index is 1.52. The van der Waals surface area contributed by atoms with Crippen molar-refractivity contribution in [2.45, 2.75) is 51.6 Å². The van der Waals surface area contributed by atoms with Crippen LogP contribution in [0, 0.1) is 18.7 Å². The second-order valence-corrected chi connectivity index (χ2v) is 8.04. The lowest BCUT2D eigenvalue weighted by Crippen LogP contribution is -2.37. The van der Waals surface area contributed by atoms with Gasteiger partial charge in [0.1, 0.15) is 11.6 Å². The Morgan fingerprint density at radius 1 is 1.21 bits per heavy atom. The van der Waals surface area contributed by atoms with Gasteiger partial charge in [-0.1, -0.05) is 18.2 Å². The van der Waals surface area contributed by atoms with Crippen LogP contribution in [0.25, 0.3) is 0 Å². The van der Waals surface area contributed by atoms with Crippen molar-refractivity contribution in [1.29, 1.82) is 0 Å². The number of aromatic nitrogens is 2. The molecule has 1 heterocycles. The Kier molecular flexibility index (Phi) is 6.67. The maximum atomic E-state index is 13.9. The third-order valence-electron chi connectivity index (χ3n) is 5.53. The Morgan fingerprint density at radius 3 is 2.55 bits per heavy atom. The molecule has 0 saturated heterocycles. The van der Waals surface area contributed by atoms with Gasteiger partial charge in [-0.15, -0.1) is 0 Å². The standard InChI is InChI=1S/C22H30FN5O/c1-14-13-24-22(27-20(14)28(3)4)26-17-11-9-16(10-12-17)21(29)25-15(2)18-7-5-6-8-19(18)23/h5-8,13,15-17H,9-12H2,1-4H3,(H,25,29)(H,24,26,27)/t15-,16-,17+/m1/s1. The van der Waals surface area contributed by atoms with Crippen LogP contribution in [0.2, 0.25) is 0 Å². The molecule has 0 spiro atoms. The highest BCUT2D eigenvalue weighted by Gasteiger charge is 2.28. The van der Waals surface area contributed by atoms with Crippen LogP contribution < -0.4 is 15.5 Å². The highest BCUT2D eigenvalue weighted by Crippen LogP contribution is 2.28. The van der Waals surface area contributed by atoms with E-state index in [1.165, 1.54) is 6.07 Å². The smallest absolute Gasteiger partial charge is 0.224 e. The normalized spacial score (nSPS) is 20.0. The van der Waals surface area contributed by atoms with E-state index >= 15 is 0 Å². The molecule has 1 fully saturated rings. The van der Waals surface area contributed by atoms with Crippen molar-refractivity contribution in [2.75, 3.05) is 24.3 Å². The van der Waals surface area contributed by atoms with Gasteiger partial charge in [0.05, 0.1) is 6.04 Å². The molecular formula is C22H30FN5O. The van der Waals surface area contributed by atoms with E-state index in [0.29, 0.717) is 11.5 Å². The minimum atomic E-state index is -0.343. The summed E-state index contributed by atoms with van der Waals surface area (Å²) < 4.78 is 13.9. The first-order chi connectivity index (χ1) is 13.8. The number of amides is 1. The molecule has 1 atom stereocenters. The Morgan fingerprint density at radius 2 is 1.90 bits per heavy atom. The lowest BCUT2D eigenvalue weighted by atomic mass is 9.85. The quantitative estimate of drug-likeness (QED) is 0.772. The van der Waals surface area contributed by atoms with Crippen LogP contribution in [0.5, 0.6) is 0 Å². The number of nitrogens with one attached hydrogen (secondary N) is 2. The molecule has 1 aliphatic carbocycles. The van der Waals surface area contributed by atoms with Crippen LogP contribution in [-0.4, -0.2) is 36.0 Å². The van der Waals surface area contributed by atoms with Crippen molar-refractivity contribution >= 4 is 17.7 Å². The van der Waals surface area contributed by atoms with Crippen molar-refractivity contribution in [1.82, 2.24) is 15.3 Å². The monoisotopic (exact) mass is 399 g/mol. The zero-order valence-electron chi connectivity index (χ0n) is 17.6. The fourth-order valence-electron chi connectivity index (χ4n) is 3.87. The second kappa shape index (κ2) is 9.20. The van der Waals surface area contributed by atoms with E-state index in [9.17, 15) is 9.18 Å². The molecule has 2 aromatic rings. The summed E-state index contributed by atoms with van der Waals surface area (Å²) >= 11 is 0. The van der Waals surface area contributed by atoms with E-state index in [1.54, 1.807) is 18.2 Å². The molecule has 3 rings (SSSR count). The first kappa shape index (κ1) is 21.0. The Labute approximate surface area is 171 Å². The second-order valence-electron chi connectivity index (χ2n) is 8.04. The molecule has 0 unspecified atom stereocenters. The van der Waals surface area contributed by atoms with Gasteiger partial charge in [-0.2, -0.15) is 4.98 Å². The number of anilines is 2. The summed E-state index contributed by atoms with van der Waals surface area (Å²) in [5.41, 5.74) is 1.55. The number of carbonyl (C=O) groups is 1. The predicted octanol–water partition coefficient (Wildman–Crippen LogP) is 3.84. The van der Waals surface area contributed by atoms with Crippen LogP contribution in [0.1, 0.15) is 49.8 Å². The van der Waals surface area contributed by atoms with E-state index in [0.717, 1.165) is 37.1 Å². The third-order valence-corrected chi connectivity index (χ3v) is 5.53. The number of halogens is 1. The average molecular weight is 400 g/mol. The molecule has 2 N–H and O–H groups in total. The van der Waals surface area contributed by atoms with E-state index in [2.05, 4.69) is 20.6 Å². The molecule has 6 nitrogen and oxygen atoms in total. The van der Waals surface area contributed by atoms with E-state index in [1.807, 2.05) is 39.0 Å². The summed E-state index contributed by atoms with van der Waals surface area (Å²) in [6.45, 7) is 3.81. The zero-order valence-corrected chi connectivity index (χ0v) is 17.6. The minimum Gasteiger partial charge on any atom is -0.362 e. The van der Waals surface area contributed by atoms with Gasteiger partial charge in [0.25, 0.3) is 0 Å². The third kappa shape index (κ3) is 5.22. The van der Waals surface area contributed by atoms with Gasteiger partial charge in [0.2, 0.25) is 11.9 Å². The lowest BCUT2D eigenvalue weighted by molar-refractivity contribution is -0.126. The minimum absolute atomic E-state index is 0.000632. The summed E-state index contributed by atoms with van der Waals surface area (Å²) in [5.74, 6) is 1.20. The number of aryl methyl sites for hydroxylation is 1. The topological polar surface area (TPSA) is 70.1 Å². The number of rotatable bonds is 6. The van der Waals surface area contributed by atoms with Gasteiger partial charge in [-0.3, -0.25) is 4.79 Å². The highest BCUT2D eigenvalue weighted by atomic mass is 19.1. The Bertz CT molecular complexity index is 849. The first-order valence-electron chi connectivity index (χ1n) is 10.2. The molecule has 156 valence electrons. The van der Waals surface area contributed by atoms with Crippen molar-refractivity contribution in [3.05, 3.63) is 47.4 Å². The Hall–Kier alpha value is -2.70. The molecule has 1 saturated carbocycles. The number of benzene rings is 1. The van der Waals surface area contributed by atoms with Crippen molar-refractivity contribution in [2.24, 2.45) is 5.92 Å². The summed E-state index contributed by atoms with van der Waals surface area (Å²) in [7, 11) is 3.93. The summed E-state index contributed by atoms with van der Waals surface area (Å²) in [4.78, 5) is 23.6. The summed E-state index contributed by atoms with van der Waals surface area (Å²) in [5, 5.41) is 6.37. The van der Waals surface area contributed by atoms with Gasteiger partial charge in [0.15, 0.2) is 0 Å². The fourth-order valence-corrected chi connectivity index (χ4v) is 3.87. The summed E-state index contributed by atoms with van der Waals surface area (Å²) in [6.07, 6.45) is 5.16. The van der Waals surface area contributed by atoms with Crippen molar-refractivity contribution < 1.29 is 9.18 Å². The first-order valence-corrected chi connectivity index (χ1v) is 10.2. The number of carbonyl (C=O) groups excluding carboxylic acids is 1. The molecule has 1 aromatic carbocycles. The van der Waals surface area contributed by atoms with E-state index < -0.39 is 0 Å². The van der Waals surface area contributed by atoms with Gasteiger partial charge in [-0.25, -0.2) is 9.37 Å². The van der Waals surface area contributed by atoms with Crippen LogP contribution >= 0.6 is 0 Å². The molecule has 7 heteroatoms. The van der Waals surface area contributed by atoms with Crippen LogP contribution in [0.4, 0.5) is 16.2 Å². The largest absolute Gasteiger partial charge is 0.362 e. The summed E-state index contributed by atoms with van der Waals surface area (Å²) in [6, 6.07) is 6.48. The molecule has 1 aromatic heterocycles. The van der Waals surface area contributed by atoms with Crippen molar-refractivity contribution in [3.8, 4) is 0 Å². The molecule has 29 heavy (non-hydrogen) atoms. The van der Waals surface area contributed by atoms with Gasteiger partial charge < -0.3 is 15.5 Å². The van der Waals surface area contributed by atoms with E-state index in [-0.39, 0.29) is 29.7 Å². The maximum Gasteiger partial charge on any atom is 0.224 e. The van der Waals surface area contributed by atoms with Gasteiger partial charge in [-0.05, 0) is 45.6 Å². The van der Waals surface area contributed by atoms with Crippen molar-refractivity contribution in [3.63, 3.8) is 0 Å². The molecular weight excluding hydrogens is 369 g/mol. The molecule has 1 amide bonds. The van der Waals surface area contributed by atoms with Gasteiger partial charge >= 0.3 is 0 Å². The SMILES string of the molecule is Cc1cnc(N[C@H]2CC[C@@H](C(=O)N[C@H](C)c3ccccc3F)CC2)nc1N(C)C. The number of hydrogen-bond acceptors (Lipinski definition) is 5. The molecule has 0 aliphatic heterocycles. The van der Waals surface area contributed by atoms with E-state index in [4.69, 9.17) is 0 Å². The van der Waals surface area contributed by atoms with Gasteiger partial charge in [0, 0.05) is 43.4 Å². The maximum absolute atomic E-state index is 13.9. The van der Waals surface area contributed by atoms with Crippen LogP contribution in [0.3, 0.4) is 0 Å². The molecule has 0 radical (unpaired) electrons. The molecule has 0 bridgehead atoms. The fraction of sp³-hybridized carbons (Fsp3) is 0.500. The highest BCUT2D eigenvalue weighted by molar-refractivity contribution is 5.79. The number of hydrogen-bond donors (Lipinski definition) is 2. The number of nitrogens with zero attached hydrogens (tertiary/aromatic N) is 3. The average Bonchev–Trinajstić information content (AvgIpc) is 2.70. The molecule has 1 aliphatic rings. The zero-order chi connectivity index (χ0) is 21.0.